The van der Waals surface area contributed by atoms with Gasteiger partial charge in [-0.25, -0.2) is 4.39 Å². The van der Waals surface area contributed by atoms with E-state index in [2.05, 4.69) is 5.32 Å². The monoisotopic (exact) mass is 342 g/mol. The van der Waals surface area contributed by atoms with E-state index < -0.39 is 0 Å². The molecule has 1 saturated carbocycles. The van der Waals surface area contributed by atoms with Crippen LogP contribution in [0.5, 0.6) is 0 Å². The van der Waals surface area contributed by atoms with E-state index in [1.165, 1.54) is 12.1 Å². The van der Waals surface area contributed by atoms with Gasteiger partial charge in [0, 0.05) is 24.6 Å². The Morgan fingerprint density at radius 2 is 1.96 bits per heavy atom. The van der Waals surface area contributed by atoms with Gasteiger partial charge in [-0.15, -0.1) is 0 Å². The number of nitrogens with one attached hydrogen (secondary N) is 1. The van der Waals surface area contributed by atoms with Crippen LogP contribution in [0.4, 0.5) is 4.39 Å². The van der Waals surface area contributed by atoms with E-state index in [4.69, 9.17) is 4.42 Å². The fraction of sp³-hybridized carbons (Fsp3) is 0.368. The molecule has 2 amide bonds. The molecule has 1 saturated heterocycles. The molecule has 1 aromatic carbocycles. The Morgan fingerprint density at radius 3 is 2.68 bits per heavy atom. The Bertz CT molecular complexity index is 795. The van der Waals surface area contributed by atoms with Crippen LogP contribution < -0.4 is 5.32 Å². The molecule has 2 fully saturated rings. The number of likely N-dealkylation sites (tertiary alicyclic amines) is 1. The molecule has 0 bridgehead atoms. The van der Waals surface area contributed by atoms with Crippen LogP contribution in [-0.2, 0) is 16.1 Å². The molecule has 0 radical (unpaired) electrons. The summed E-state index contributed by atoms with van der Waals surface area (Å²) in [6.07, 6.45) is 2.40. The van der Waals surface area contributed by atoms with Gasteiger partial charge >= 0.3 is 0 Å². The molecule has 2 aromatic rings. The number of benzene rings is 1. The summed E-state index contributed by atoms with van der Waals surface area (Å²) < 4.78 is 18.7. The standard InChI is InChI=1S/C19H19FN2O3/c20-14-3-1-12(2-4-14)17-8-7-16(25-17)10-21-19(24)13-9-18(23)22(11-13)15-5-6-15/h1-4,7-8,13,15H,5-6,9-11H2,(H,21,24)/t13-/m0/s1. The number of amides is 2. The third kappa shape index (κ3) is 3.43. The quantitative estimate of drug-likeness (QED) is 0.909. The van der Waals surface area contributed by atoms with Gasteiger partial charge in [-0.3, -0.25) is 9.59 Å². The molecule has 1 aliphatic carbocycles. The van der Waals surface area contributed by atoms with E-state index in [1.54, 1.807) is 24.3 Å². The molecule has 130 valence electrons. The minimum Gasteiger partial charge on any atom is -0.459 e. The van der Waals surface area contributed by atoms with Crippen molar-refractivity contribution in [1.29, 1.82) is 0 Å². The van der Waals surface area contributed by atoms with Crippen molar-refractivity contribution >= 4 is 11.8 Å². The maximum Gasteiger partial charge on any atom is 0.225 e. The maximum atomic E-state index is 13.0. The van der Waals surface area contributed by atoms with Crippen molar-refractivity contribution in [1.82, 2.24) is 10.2 Å². The average molecular weight is 342 g/mol. The number of nitrogens with zero attached hydrogens (tertiary/aromatic N) is 1. The summed E-state index contributed by atoms with van der Waals surface area (Å²) in [5.74, 6) is 0.639. The molecule has 25 heavy (non-hydrogen) atoms. The predicted molar refractivity (Wildman–Crippen MR) is 88.8 cm³/mol. The lowest BCUT2D eigenvalue weighted by atomic mass is 10.1. The third-order valence-electron chi connectivity index (χ3n) is 4.74. The van der Waals surface area contributed by atoms with Crippen molar-refractivity contribution < 1.29 is 18.4 Å². The Balaban J connectivity index is 1.33. The zero-order chi connectivity index (χ0) is 17.4. The average Bonchev–Trinajstić information content (AvgIpc) is 3.21. The maximum absolute atomic E-state index is 13.0. The van der Waals surface area contributed by atoms with Gasteiger partial charge in [0.05, 0.1) is 12.5 Å². The molecule has 1 N–H and O–H groups in total. The Morgan fingerprint density at radius 1 is 1.20 bits per heavy atom. The smallest absolute Gasteiger partial charge is 0.225 e. The molecule has 0 unspecified atom stereocenters. The molecule has 5 nitrogen and oxygen atoms in total. The molecule has 1 atom stereocenters. The van der Waals surface area contributed by atoms with E-state index in [9.17, 15) is 14.0 Å². The van der Waals surface area contributed by atoms with Crippen LogP contribution in [0, 0.1) is 11.7 Å². The summed E-state index contributed by atoms with van der Waals surface area (Å²) in [6, 6.07) is 9.98. The molecular weight excluding hydrogens is 323 g/mol. The summed E-state index contributed by atoms with van der Waals surface area (Å²) in [7, 11) is 0. The second-order valence-corrected chi connectivity index (χ2v) is 6.67. The number of halogens is 1. The predicted octanol–water partition coefficient (Wildman–Crippen LogP) is 2.71. The minimum atomic E-state index is -0.297. The van der Waals surface area contributed by atoms with E-state index in [1.807, 2.05) is 4.90 Å². The van der Waals surface area contributed by atoms with Gasteiger partial charge in [-0.05, 0) is 49.2 Å². The summed E-state index contributed by atoms with van der Waals surface area (Å²) in [5, 5.41) is 2.84. The number of hydrogen-bond acceptors (Lipinski definition) is 3. The summed E-state index contributed by atoms with van der Waals surface area (Å²) in [6.45, 7) is 0.794. The molecule has 0 spiro atoms. The first kappa shape index (κ1) is 15.9. The van der Waals surface area contributed by atoms with Crippen molar-refractivity contribution in [2.24, 2.45) is 5.92 Å². The molecule has 6 heteroatoms. The summed E-state index contributed by atoms with van der Waals surface area (Å²) in [4.78, 5) is 26.1. The van der Waals surface area contributed by atoms with E-state index in [-0.39, 0.29) is 30.1 Å². The Hall–Kier alpha value is -2.63. The van der Waals surface area contributed by atoms with Crippen molar-refractivity contribution in [3.05, 3.63) is 48.0 Å². The van der Waals surface area contributed by atoms with E-state index in [0.29, 0.717) is 30.5 Å². The molecule has 1 aromatic heterocycles. The van der Waals surface area contributed by atoms with Crippen molar-refractivity contribution in [2.45, 2.75) is 31.8 Å². The van der Waals surface area contributed by atoms with E-state index >= 15 is 0 Å². The Kier molecular flexibility index (Phi) is 4.03. The number of hydrogen-bond donors (Lipinski definition) is 1. The highest BCUT2D eigenvalue weighted by atomic mass is 19.1. The normalized spacial score (nSPS) is 20.1. The summed E-state index contributed by atoms with van der Waals surface area (Å²) in [5.41, 5.74) is 0.778. The SMILES string of the molecule is O=C(NCc1ccc(-c2ccc(F)cc2)o1)[C@H]1CC(=O)N(C2CC2)C1. The van der Waals surface area contributed by atoms with Crippen LogP contribution in [-0.4, -0.2) is 29.3 Å². The van der Waals surface area contributed by atoms with E-state index in [0.717, 1.165) is 18.4 Å². The van der Waals surface area contributed by atoms with Gasteiger partial charge < -0.3 is 14.6 Å². The highest BCUT2D eigenvalue weighted by Gasteiger charge is 2.41. The van der Waals surface area contributed by atoms with Crippen LogP contribution >= 0.6 is 0 Å². The van der Waals surface area contributed by atoms with Crippen LogP contribution in [0.25, 0.3) is 11.3 Å². The van der Waals surface area contributed by atoms with Gasteiger partial charge in [-0.2, -0.15) is 0 Å². The van der Waals surface area contributed by atoms with Crippen LogP contribution in [0.3, 0.4) is 0 Å². The fourth-order valence-electron chi connectivity index (χ4n) is 3.21. The molecular formula is C19H19FN2O3. The topological polar surface area (TPSA) is 62.6 Å². The first-order valence-corrected chi connectivity index (χ1v) is 8.52. The van der Waals surface area contributed by atoms with Gasteiger partial charge in [-0.1, -0.05) is 0 Å². The van der Waals surface area contributed by atoms with Crippen LogP contribution in [0.1, 0.15) is 25.0 Å². The van der Waals surface area contributed by atoms with Gasteiger partial charge in [0.25, 0.3) is 0 Å². The molecule has 2 heterocycles. The molecule has 2 aliphatic rings. The highest BCUT2D eigenvalue weighted by molar-refractivity contribution is 5.89. The number of carbonyl (C=O) groups is 2. The number of carbonyl (C=O) groups excluding carboxylic acids is 2. The fourth-order valence-corrected chi connectivity index (χ4v) is 3.21. The first-order valence-electron chi connectivity index (χ1n) is 8.52. The lowest BCUT2D eigenvalue weighted by molar-refractivity contribution is -0.129. The summed E-state index contributed by atoms with van der Waals surface area (Å²) >= 11 is 0. The van der Waals surface area contributed by atoms with Gasteiger partial charge in [0.1, 0.15) is 17.3 Å². The minimum absolute atomic E-state index is 0.0826. The van der Waals surface area contributed by atoms with Crippen molar-refractivity contribution in [2.75, 3.05) is 6.54 Å². The number of furan rings is 1. The molecule has 4 rings (SSSR count). The first-order chi connectivity index (χ1) is 12.1. The van der Waals surface area contributed by atoms with Crippen molar-refractivity contribution in [3.8, 4) is 11.3 Å². The van der Waals surface area contributed by atoms with Gasteiger partial charge in [0.15, 0.2) is 0 Å². The lowest BCUT2D eigenvalue weighted by Gasteiger charge is -2.15. The van der Waals surface area contributed by atoms with Gasteiger partial charge in [0.2, 0.25) is 11.8 Å². The van der Waals surface area contributed by atoms with Crippen LogP contribution in [0.2, 0.25) is 0 Å². The largest absolute Gasteiger partial charge is 0.459 e. The van der Waals surface area contributed by atoms with Crippen LogP contribution in [0.15, 0.2) is 40.8 Å². The zero-order valence-electron chi connectivity index (χ0n) is 13.7. The third-order valence-corrected chi connectivity index (χ3v) is 4.74. The second-order valence-electron chi connectivity index (χ2n) is 6.67. The second kappa shape index (κ2) is 6.35. The lowest BCUT2D eigenvalue weighted by Crippen LogP contribution is -2.33. The Labute approximate surface area is 144 Å². The zero-order valence-corrected chi connectivity index (χ0v) is 13.7. The van der Waals surface area contributed by atoms with Crippen molar-refractivity contribution in [3.63, 3.8) is 0 Å². The number of rotatable bonds is 5. The molecule has 1 aliphatic heterocycles. The highest BCUT2D eigenvalue weighted by Crippen LogP contribution is 2.32.